The van der Waals surface area contributed by atoms with E-state index >= 15 is 0 Å². The highest BCUT2D eigenvalue weighted by Crippen LogP contribution is 2.39. The van der Waals surface area contributed by atoms with Crippen LogP contribution in [-0.2, 0) is 46.6 Å². The SMILES string of the molecule is CCOc1ccccc1CCC(=O)Nc1sc2c(c1C#N)CCC(COC(=O)CCc1ccnn1CC)C2. The Kier molecular flexibility index (Phi) is 9.55. The summed E-state index contributed by atoms with van der Waals surface area (Å²) >= 11 is 1.47. The fourth-order valence-corrected chi connectivity index (χ4v) is 6.15. The first kappa shape index (κ1) is 27.4. The zero-order chi connectivity index (χ0) is 26.9. The zero-order valence-electron chi connectivity index (χ0n) is 22.0. The number of nitriles is 1. The van der Waals surface area contributed by atoms with Crippen LogP contribution in [-0.4, -0.2) is 34.9 Å². The van der Waals surface area contributed by atoms with E-state index < -0.39 is 0 Å². The number of thiophene rings is 1. The number of amides is 1. The summed E-state index contributed by atoms with van der Waals surface area (Å²) in [5.74, 6) is 0.673. The molecular formula is C29H34N4O4S. The molecule has 1 unspecified atom stereocenters. The van der Waals surface area contributed by atoms with Gasteiger partial charge in [0.1, 0.15) is 16.8 Å². The number of benzene rings is 1. The normalized spacial score (nSPS) is 14.4. The van der Waals surface area contributed by atoms with E-state index in [1.807, 2.05) is 48.9 Å². The zero-order valence-corrected chi connectivity index (χ0v) is 22.8. The fourth-order valence-electron chi connectivity index (χ4n) is 4.82. The summed E-state index contributed by atoms with van der Waals surface area (Å²) < 4.78 is 13.1. The first-order valence-electron chi connectivity index (χ1n) is 13.2. The number of hydrogen-bond donors (Lipinski definition) is 1. The number of nitrogens with one attached hydrogen (secondary N) is 1. The van der Waals surface area contributed by atoms with E-state index in [1.165, 1.54) is 11.3 Å². The number of hydrogen-bond acceptors (Lipinski definition) is 7. The summed E-state index contributed by atoms with van der Waals surface area (Å²) in [6.45, 7) is 5.67. The summed E-state index contributed by atoms with van der Waals surface area (Å²) in [5.41, 5.74) is 3.60. The van der Waals surface area contributed by atoms with Crippen molar-refractivity contribution in [1.82, 2.24) is 9.78 Å². The first-order chi connectivity index (χ1) is 18.5. The van der Waals surface area contributed by atoms with Crippen LogP contribution >= 0.6 is 11.3 Å². The standard InChI is InChI=1S/C29H34N4O4S/c1-3-33-22(15-16-31-33)11-14-28(35)37-19-20-9-12-23-24(18-30)29(38-26(23)17-20)32-27(34)13-10-21-7-5-6-8-25(21)36-4-2/h5-8,15-16,20H,3-4,9-14,17,19H2,1-2H3,(H,32,34). The minimum atomic E-state index is -0.206. The van der Waals surface area contributed by atoms with Crippen molar-refractivity contribution in [3.63, 3.8) is 0 Å². The Bertz CT molecular complexity index is 1310. The Balaban J connectivity index is 1.29. The van der Waals surface area contributed by atoms with Crippen molar-refractivity contribution in [1.29, 1.82) is 5.26 Å². The number of carbonyl (C=O) groups excluding carboxylic acids is 2. The number of carbonyl (C=O) groups is 2. The molecule has 3 aromatic rings. The van der Waals surface area contributed by atoms with Crippen LogP contribution in [0.4, 0.5) is 5.00 Å². The van der Waals surface area contributed by atoms with E-state index in [9.17, 15) is 14.9 Å². The predicted octanol–water partition coefficient (Wildman–Crippen LogP) is 5.09. The van der Waals surface area contributed by atoms with E-state index in [-0.39, 0.29) is 17.8 Å². The molecule has 0 spiro atoms. The molecular weight excluding hydrogens is 500 g/mol. The number of ether oxygens (including phenoxy) is 2. The van der Waals surface area contributed by atoms with Crippen molar-refractivity contribution in [3.8, 4) is 11.8 Å². The Morgan fingerprint density at radius 1 is 1.21 bits per heavy atom. The third-order valence-corrected chi connectivity index (χ3v) is 7.97. The molecule has 2 heterocycles. The number of esters is 1. The van der Waals surface area contributed by atoms with Crippen LogP contribution < -0.4 is 10.1 Å². The molecule has 0 fully saturated rings. The average molecular weight is 535 g/mol. The van der Waals surface area contributed by atoms with Gasteiger partial charge in [0.2, 0.25) is 5.91 Å². The molecule has 9 heteroatoms. The van der Waals surface area contributed by atoms with Crippen LogP contribution in [0.1, 0.15) is 60.4 Å². The molecule has 8 nitrogen and oxygen atoms in total. The molecule has 4 rings (SSSR count). The van der Waals surface area contributed by atoms with Crippen LogP contribution in [0.15, 0.2) is 36.5 Å². The molecule has 0 saturated heterocycles. The minimum Gasteiger partial charge on any atom is -0.494 e. The molecule has 200 valence electrons. The number of para-hydroxylation sites is 1. The third kappa shape index (κ3) is 6.81. The van der Waals surface area contributed by atoms with Crippen molar-refractivity contribution < 1.29 is 19.1 Å². The Morgan fingerprint density at radius 2 is 2.05 bits per heavy atom. The lowest BCUT2D eigenvalue weighted by Gasteiger charge is -2.21. The number of nitrogens with zero attached hydrogens (tertiary/aromatic N) is 3. The Morgan fingerprint density at radius 3 is 2.84 bits per heavy atom. The van der Waals surface area contributed by atoms with Crippen LogP contribution in [0.2, 0.25) is 0 Å². The number of rotatable bonds is 12. The summed E-state index contributed by atoms with van der Waals surface area (Å²) in [6, 6.07) is 12.0. The largest absolute Gasteiger partial charge is 0.494 e. The topological polar surface area (TPSA) is 106 Å². The molecule has 1 N–H and O–H groups in total. The van der Waals surface area contributed by atoms with E-state index in [1.54, 1.807) is 6.20 Å². The number of aromatic nitrogens is 2. The molecule has 1 aliphatic carbocycles. The van der Waals surface area contributed by atoms with E-state index in [2.05, 4.69) is 16.5 Å². The van der Waals surface area contributed by atoms with Gasteiger partial charge in [-0.2, -0.15) is 10.4 Å². The van der Waals surface area contributed by atoms with Gasteiger partial charge in [-0.05, 0) is 75.1 Å². The van der Waals surface area contributed by atoms with E-state index in [0.29, 0.717) is 49.5 Å². The Hall–Kier alpha value is -3.64. The summed E-state index contributed by atoms with van der Waals surface area (Å²) in [6.07, 6.45) is 5.86. The molecule has 2 aromatic heterocycles. The fraction of sp³-hybridized carbons (Fsp3) is 0.448. The first-order valence-corrected chi connectivity index (χ1v) is 14.0. The van der Waals surface area contributed by atoms with Gasteiger partial charge in [-0.3, -0.25) is 14.3 Å². The smallest absolute Gasteiger partial charge is 0.306 e. The summed E-state index contributed by atoms with van der Waals surface area (Å²) in [5, 5.41) is 17.6. The maximum Gasteiger partial charge on any atom is 0.306 e. The number of aryl methyl sites for hydroxylation is 3. The predicted molar refractivity (Wildman–Crippen MR) is 146 cm³/mol. The summed E-state index contributed by atoms with van der Waals surface area (Å²) in [4.78, 5) is 26.2. The van der Waals surface area contributed by atoms with Crippen LogP contribution in [0.25, 0.3) is 0 Å². The molecule has 1 aliphatic rings. The van der Waals surface area contributed by atoms with E-state index in [0.717, 1.165) is 53.3 Å². The molecule has 0 saturated carbocycles. The molecule has 0 aliphatic heterocycles. The lowest BCUT2D eigenvalue weighted by Crippen LogP contribution is -2.21. The van der Waals surface area contributed by atoms with Gasteiger partial charge < -0.3 is 14.8 Å². The third-order valence-electron chi connectivity index (χ3n) is 6.80. The molecule has 1 aromatic carbocycles. The van der Waals surface area contributed by atoms with Gasteiger partial charge in [-0.1, -0.05) is 18.2 Å². The quantitative estimate of drug-likeness (QED) is 0.325. The molecule has 38 heavy (non-hydrogen) atoms. The van der Waals surface area contributed by atoms with Gasteiger partial charge >= 0.3 is 5.97 Å². The number of anilines is 1. The highest BCUT2D eigenvalue weighted by molar-refractivity contribution is 7.16. The second-order valence-corrected chi connectivity index (χ2v) is 10.4. The van der Waals surface area contributed by atoms with Crippen molar-refractivity contribution in [2.75, 3.05) is 18.5 Å². The molecule has 0 bridgehead atoms. The lowest BCUT2D eigenvalue weighted by atomic mass is 9.88. The van der Waals surface area contributed by atoms with Crippen molar-refractivity contribution >= 4 is 28.2 Å². The van der Waals surface area contributed by atoms with Crippen LogP contribution in [0.5, 0.6) is 5.75 Å². The van der Waals surface area contributed by atoms with Gasteiger partial charge in [0.05, 0.1) is 25.2 Å². The van der Waals surface area contributed by atoms with Crippen LogP contribution in [0, 0.1) is 17.2 Å². The van der Waals surface area contributed by atoms with Crippen molar-refractivity contribution in [3.05, 3.63) is 63.8 Å². The minimum absolute atomic E-state index is 0.124. The second kappa shape index (κ2) is 13.2. The van der Waals surface area contributed by atoms with Gasteiger partial charge in [-0.15, -0.1) is 11.3 Å². The van der Waals surface area contributed by atoms with Gasteiger partial charge in [0, 0.05) is 29.7 Å². The maximum atomic E-state index is 12.7. The number of fused-ring (bicyclic) bond motifs is 1. The molecule has 0 radical (unpaired) electrons. The molecule has 1 atom stereocenters. The summed E-state index contributed by atoms with van der Waals surface area (Å²) in [7, 11) is 0. The van der Waals surface area contributed by atoms with Crippen molar-refractivity contribution in [2.24, 2.45) is 5.92 Å². The van der Waals surface area contributed by atoms with Crippen molar-refractivity contribution in [2.45, 2.75) is 65.3 Å². The maximum absolute atomic E-state index is 12.7. The van der Waals surface area contributed by atoms with Crippen LogP contribution in [0.3, 0.4) is 0 Å². The van der Waals surface area contributed by atoms with Gasteiger partial charge in [0.25, 0.3) is 0 Å². The van der Waals surface area contributed by atoms with Gasteiger partial charge in [-0.25, -0.2) is 0 Å². The average Bonchev–Trinajstić information content (AvgIpc) is 3.53. The second-order valence-electron chi connectivity index (χ2n) is 9.34. The highest BCUT2D eigenvalue weighted by atomic mass is 32.1. The lowest BCUT2D eigenvalue weighted by molar-refractivity contribution is -0.145. The highest BCUT2D eigenvalue weighted by Gasteiger charge is 2.27. The monoisotopic (exact) mass is 534 g/mol. The van der Waals surface area contributed by atoms with Gasteiger partial charge in [0.15, 0.2) is 0 Å². The molecule has 1 amide bonds. The Labute approximate surface area is 227 Å². The van der Waals surface area contributed by atoms with E-state index in [4.69, 9.17) is 9.47 Å².